The Kier molecular flexibility index (Phi) is 4.66. The predicted molar refractivity (Wildman–Crippen MR) is 102 cm³/mol. The van der Waals surface area contributed by atoms with E-state index in [2.05, 4.69) is 23.1 Å². The summed E-state index contributed by atoms with van der Waals surface area (Å²) in [5.74, 6) is -0.139. The summed E-state index contributed by atoms with van der Waals surface area (Å²) in [5.41, 5.74) is 3.11. The number of amides is 1. The maximum Gasteiger partial charge on any atom is 0.226 e. The van der Waals surface area contributed by atoms with Crippen molar-refractivity contribution in [2.75, 3.05) is 25.0 Å². The Bertz CT molecular complexity index is 800. The van der Waals surface area contributed by atoms with Gasteiger partial charge >= 0.3 is 0 Å². The number of para-hydroxylation sites is 1. The Morgan fingerprint density at radius 1 is 1.12 bits per heavy atom. The van der Waals surface area contributed by atoms with Crippen LogP contribution in [0.2, 0.25) is 0 Å². The zero-order chi connectivity index (χ0) is 18.1. The van der Waals surface area contributed by atoms with Crippen LogP contribution in [0.25, 0.3) is 0 Å². The summed E-state index contributed by atoms with van der Waals surface area (Å²) in [6.45, 7) is 2.78. The Balaban J connectivity index is 1.44. The van der Waals surface area contributed by atoms with Gasteiger partial charge in [-0.15, -0.1) is 0 Å². The molecule has 1 saturated carbocycles. The normalized spacial score (nSPS) is 21.7. The number of hydrogen-bond acceptors (Lipinski definition) is 2. The minimum absolute atomic E-state index is 0.0278. The maximum atomic E-state index is 14.0. The summed E-state index contributed by atoms with van der Waals surface area (Å²) in [6.07, 6.45) is 3.21. The molecular formula is C22H25FN2O. The van der Waals surface area contributed by atoms with E-state index in [4.69, 9.17) is 0 Å². The minimum atomic E-state index is -0.199. The second-order valence-electron chi connectivity index (χ2n) is 7.49. The first kappa shape index (κ1) is 17.1. The number of rotatable bonds is 5. The zero-order valence-corrected chi connectivity index (χ0v) is 15.2. The second-order valence-corrected chi connectivity index (χ2v) is 7.49. The van der Waals surface area contributed by atoms with Crippen molar-refractivity contribution in [1.82, 2.24) is 4.90 Å². The molecule has 1 aliphatic heterocycles. The van der Waals surface area contributed by atoms with E-state index >= 15 is 0 Å². The van der Waals surface area contributed by atoms with Gasteiger partial charge in [0.2, 0.25) is 5.91 Å². The summed E-state index contributed by atoms with van der Waals surface area (Å²) in [5, 5.41) is 0. The quantitative estimate of drug-likeness (QED) is 0.806. The fourth-order valence-electron chi connectivity index (χ4n) is 4.12. The van der Waals surface area contributed by atoms with Crippen molar-refractivity contribution in [3.05, 3.63) is 65.5 Å². The molecule has 136 valence electrons. The smallest absolute Gasteiger partial charge is 0.226 e. The highest BCUT2D eigenvalue weighted by Gasteiger charge is 2.46. The Morgan fingerprint density at radius 2 is 1.81 bits per heavy atom. The fraction of sp³-hybridized carbons (Fsp3) is 0.409. The molecule has 0 N–H and O–H groups in total. The molecule has 2 fully saturated rings. The van der Waals surface area contributed by atoms with Crippen LogP contribution in [0.15, 0.2) is 48.5 Å². The number of nitrogens with zero attached hydrogens (tertiary/aromatic N) is 2. The molecule has 2 atom stereocenters. The highest BCUT2D eigenvalue weighted by molar-refractivity contribution is 5.83. The van der Waals surface area contributed by atoms with E-state index in [9.17, 15) is 9.18 Å². The number of anilines is 1. The van der Waals surface area contributed by atoms with E-state index < -0.39 is 0 Å². The van der Waals surface area contributed by atoms with Gasteiger partial charge in [0.1, 0.15) is 5.82 Å². The van der Waals surface area contributed by atoms with Crippen LogP contribution >= 0.6 is 0 Å². The molecule has 4 rings (SSSR count). The number of carbonyl (C=O) groups is 1. The van der Waals surface area contributed by atoms with Crippen molar-refractivity contribution >= 4 is 11.6 Å². The van der Waals surface area contributed by atoms with Crippen molar-refractivity contribution in [3.63, 3.8) is 0 Å². The monoisotopic (exact) mass is 352 g/mol. The molecule has 2 aromatic carbocycles. The van der Waals surface area contributed by atoms with Gasteiger partial charge in [-0.1, -0.05) is 36.4 Å². The third-order valence-corrected chi connectivity index (χ3v) is 5.63. The van der Waals surface area contributed by atoms with Gasteiger partial charge in [0, 0.05) is 38.3 Å². The number of hydrogen-bond donors (Lipinski definition) is 0. The minimum Gasteiger partial charge on any atom is -0.371 e. The van der Waals surface area contributed by atoms with Gasteiger partial charge in [0.25, 0.3) is 0 Å². The molecule has 0 spiro atoms. The van der Waals surface area contributed by atoms with E-state index in [-0.39, 0.29) is 23.6 Å². The van der Waals surface area contributed by atoms with Crippen molar-refractivity contribution in [1.29, 1.82) is 0 Å². The van der Waals surface area contributed by atoms with Crippen LogP contribution in [0.5, 0.6) is 0 Å². The van der Waals surface area contributed by atoms with Crippen LogP contribution in [0, 0.1) is 11.7 Å². The Hall–Kier alpha value is -2.36. The molecule has 2 aromatic rings. The summed E-state index contributed by atoms with van der Waals surface area (Å²) in [7, 11) is 1.86. The molecule has 1 saturated heterocycles. The number of carbonyl (C=O) groups excluding carboxylic acids is 1. The SMILES string of the molecule is CN(Cc1ccccc1N1CCCC1)C(=O)[C@@H]1C[C@H]1c1ccccc1F. The molecule has 0 bridgehead atoms. The standard InChI is InChI=1S/C22H25FN2O/c1-24(15-16-8-2-5-11-21(16)25-12-6-7-13-25)22(26)19-14-18(19)17-9-3-4-10-20(17)23/h2-5,8-11,18-19H,6-7,12-15H2,1H3/t18-,19+/m0/s1. The largest absolute Gasteiger partial charge is 0.371 e. The summed E-state index contributed by atoms with van der Waals surface area (Å²) < 4.78 is 14.0. The van der Waals surface area contributed by atoms with Crippen molar-refractivity contribution < 1.29 is 9.18 Å². The molecule has 1 heterocycles. The van der Waals surface area contributed by atoms with Crippen molar-refractivity contribution in [2.24, 2.45) is 5.92 Å². The summed E-state index contributed by atoms with van der Waals surface area (Å²) >= 11 is 0. The van der Waals surface area contributed by atoms with Crippen LogP contribution in [-0.4, -0.2) is 30.9 Å². The fourth-order valence-corrected chi connectivity index (χ4v) is 4.12. The van der Waals surface area contributed by atoms with E-state index in [1.807, 2.05) is 19.2 Å². The van der Waals surface area contributed by atoms with Crippen LogP contribution in [0.4, 0.5) is 10.1 Å². The molecule has 4 heteroatoms. The summed E-state index contributed by atoms with van der Waals surface area (Å²) in [4.78, 5) is 17.0. The molecule has 1 amide bonds. The summed E-state index contributed by atoms with van der Waals surface area (Å²) in [6, 6.07) is 15.2. The molecular weight excluding hydrogens is 327 g/mol. The van der Waals surface area contributed by atoms with Crippen LogP contribution in [0.3, 0.4) is 0 Å². The maximum absolute atomic E-state index is 14.0. The molecule has 26 heavy (non-hydrogen) atoms. The molecule has 0 unspecified atom stereocenters. The molecule has 1 aliphatic carbocycles. The van der Waals surface area contributed by atoms with Crippen molar-refractivity contribution in [2.45, 2.75) is 31.7 Å². The number of benzene rings is 2. The average molecular weight is 352 g/mol. The highest BCUT2D eigenvalue weighted by Crippen LogP contribution is 2.49. The average Bonchev–Trinajstić information content (AvgIpc) is 3.25. The van der Waals surface area contributed by atoms with Gasteiger partial charge in [-0.25, -0.2) is 4.39 Å². The molecule has 0 radical (unpaired) electrons. The first-order valence-electron chi connectivity index (χ1n) is 9.47. The first-order chi connectivity index (χ1) is 12.6. The molecule has 0 aromatic heterocycles. The molecule has 3 nitrogen and oxygen atoms in total. The lowest BCUT2D eigenvalue weighted by atomic mass is 10.1. The van der Waals surface area contributed by atoms with Gasteiger partial charge in [-0.2, -0.15) is 0 Å². The lowest BCUT2D eigenvalue weighted by molar-refractivity contribution is -0.131. The van der Waals surface area contributed by atoms with Gasteiger partial charge in [0.15, 0.2) is 0 Å². The van der Waals surface area contributed by atoms with Gasteiger partial charge in [-0.3, -0.25) is 4.79 Å². The Labute approximate surface area is 154 Å². The van der Waals surface area contributed by atoms with Gasteiger partial charge in [-0.05, 0) is 48.4 Å². The zero-order valence-electron chi connectivity index (χ0n) is 15.2. The number of halogens is 1. The van der Waals surface area contributed by atoms with Crippen LogP contribution < -0.4 is 4.90 Å². The van der Waals surface area contributed by atoms with Crippen LogP contribution in [-0.2, 0) is 11.3 Å². The van der Waals surface area contributed by atoms with Gasteiger partial charge < -0.3 is 9.80 Å². The third-order valence-electron chi connectivity index (χ3n) is 5.63. The lowest BCUT2D eigenvalue weighted by Gasteiger charge is -2.24. The van der Waals surface area contributed by atoms with E-state index in [1.54, 1.807) is 17.0 Å². The Morgan fingerprint density at radius 3 is 2.58 bits per heavy atom. The van der Waals surface area contributed by atoms with E-state index in [0.29, 0.717) is 12.1 Å². The third kappa shape index (κ3) is 3.33. The lowest BCUT2D eigenvalue weighted by Crippen LogP contribution is -2.29. The highest BCUT2D eigenvalue weighted by atomic mass is 19.1. The van der Waals surface area contributed by atoms with Crippen LogP contribution in [0.1, 0.15) is 36.3 Å². The second kappa shape index (κ2) is 7.10. The first-order valence-corrected chi connectivity index (χ1v) is 9.47. The predicted octanol–water partition coefficient (Wildman–Crippen LogP) is 4.19. The van der Waals surface area contributed by atoms with E-state index in [0.717, 1.165) is 19.5 Å². The van der Waals surface area contributed by atoms with Gasteiger partial charge in [0.05, 0.1) is 0 Å². The topological polar surface area (TPSA) is 23.6 Å². The van der Waals surface area contributed by atoms with E-state index in [1.165, 1.54) is 30.2 Å². The van der Waals surface area contributed by atoms with Crippen molar-refractivity contribution in [3.8, 4) is 0 Å². The molecule has 2 aliphatic rings.